The van der Waals surface area contributed by atoms with Crippen LogP contribution in [0, 0.1) is 0 Å². The van der Waals surface area contributed by atoms with E-state index in [0.29, 0.717) is 44.8 Å². The minimum atomic E-state index is -0.912. The van der Waals surface area contributed by atoms with Crippen LogP contribution >= 0.6 is 0 Å². The highest BCUT2D eigenvalue weighted by Gasteiger charge is 2.33. The van der Waals surface area contributed by atoms with Crippen molar-refractivity contribution in [3.05, 3.63) is 23.8 Å². The number of aliphatic carboxylic acids is 1. The van der Waals surface area contributed by atoms with E-state index in [0.717, 1.165) is 17.7 Å². The number of carboxylic acids is 1. The minimum Gasteiger partial charge on any atom is -0.486 e. The first-order chi connectivity index (χ1) is 10.6. The van der Waals surface area contributed by atoms with E-state index in [1.165, 1.54) is 4.90 Å². The lowest BCUT2D eigenvalue weighted by atomic mass is 10.1. The van der Waals surface area contributed by atoms with E-state index < -0.39 is 12.0 Å². The fourth-order valence-electron chi connectivity index (χ4n) is 2.96. The number of benzene rings is 1. The number of amides is 1. The van der Waals surface area contributed by atoms with Gasteiger partial charge in [-0.25, -0.2) is 4.79 Å². The van der Waals surface area contributed by atoms with Crippen LogP contribution in [0.1, 0.15) is 24.8 Å². The van der Waals surface area contributed by atoms with Crippen LogP contribution in [-0.2, 0) is 16.0 Å². The Hall–Kier alpha value is -2.24. The van der Waals surface area contributed by atoms with Crippen molar-refractivity contribution in [3.8, 4) is 11.5 Å². The van der Waals surface area contributed by atoms with Gasteiger partial charge in [0.25, 0.3) is 0 Å². The van der Waals surface area contributed by atoms with Crippen LogP contribution in [0.15, 0.2) is 18.2 Å². The number of rotatable bonds is 4. The van der Waals surface area contributed by atoms with Crippen molar-refractivity contribution in [2.24, 2.45) is 0 Å². The van der Waals surface area contributed by atoms with Crippen molar-refractivity contribution >= 4 is 11.9 Å². The van der Waals surface area contributed by atoms with Crippen molar-refractivity contribution in [1.82, 2.24) is 4.90 Å². The molecular weight excluding hydrogens is 286 g/mol. The van der Waals surface area contributed by atoms with Gasteiger partial charge in [0.2, 0.25) is 5.91 Å². The predicted octanol–water partition coefficient (Wildman–Crippen LogP) is 1.47. The van der Waals surface area contributed by atoms with Gasteiger partial charge >= 0.3 is 5.97 Å². The molecule has 0 aliphatic carbocycles. The summed E-state index contributed by atoms with van der Waals surface area (Å²) in [5.41, 5.74) is 0.990. The van der Waals surface area contributed by atoms with Gasteiger partial charge in [-0.1, -0.05) is 6.07 Å². The number of ether oxygens (including phenoxy) is 2. The summed E-state index contributed by atoms with van der Waals surface area (Å²) in [6.07, 6.45) is 2.18. The molecule has 1 N–H and O–H groups in total. The molecule has 1 unspecified atom stereocenters. The van der Waals surface area contributed by atoms with E-state index in [2.05, 4.69) is 0 Å². The van der Waals surface area contributed by atoms with Crippen LogP contribution in [0.2, 0.25) is 0 Å². The highest BCUT2D eigenvalue weighted by molar-refractivity contribution is 5.84. The summed E-state index contributed by atoms with van der Waals surface area (Å²) in [6.45, 7) is 1.62. The van der Waals surface area contributed by atoms with Gasteiger partial charge in [-0.3, -0.25) is 4.79 Å². The molecule has 3 rings (SSSR count). The highest BCUT2D eigenvalue weighted by atomic mass is 16.6. The standard InChI is InChI=1S/C16H19NO5/c18-15(17-7-1-2-12(17)16(19)20)6-4-11-3-5-13-14(10-11)22-9-8-21-13/h3,5,10,12H,1-2,4,6-9H2,(H,19,20). The molecule has 2 aliphatic rings. The molecule has 1 aromatic carbocycles. The Kier molecular flexibility index (Phi) is 4.18. The number of likely N-dealkylation sites (tertiary alicyclic amines) is 1. The maximum Gasteiger partial charge on any atom is 0.326 e. The molecule has 22 heavy (non-hydrogen) atoms. The largest absolute Gasteiger partial charge is 0.486 e. The SMILES string of the molecule is O=C(O)C1CCCN1C(=O)CCc1ccc2c(c1)OCCO2. The van der Waals surface area contributed by atoms with E-state index >= 15 is 0 Å². The molecule has 0 spiro atoms. The van der Waals surface area contributed by atoms with Crippen LogP contribution in [0.4, 0.5) is 0 Å². The minimum absolute atomic E-state index is 0.0974. The number of hydrogen-bond acceptors (Lipinski definition) is 4. The quantitative estimate of drug-likeness (QED) is 0.911. The molecule has 0 saturated carbocycles. The molecule has 2 heterocycles. The van der Waals surface area contributed by atoms with Crippen molar-refractivity contribution in [1.29, 1.82) is 0 Å². The van der Waals surface area contributed by atoms with Crippen LogP contribution in [0.25, 0.3) is 0 Å². The van der Waals surface area contributed by atoms with E-state index in [9.17, 15) is 9.59 Å². The Morgan fingerprint density at radius 3 is 2.77 bits per heavy atom. The summed E-state index contributed by atoms with van der Waals surface area (Å²) < 4.78 is 11.0. The summed E-state index contributed by atoms with van der Waals surface area (Å²) in [5, 5.41) is 9.13. The second-order valence-corrected chi connectivity index (χ2v) is 5.56. The average molecular weight is 305 g/mol. The van der Waals surface area contributed by atoms with Crippen LogP contribution in [0.5, 0.6) is 11.5 Å². The van der Waals surface area contributed by atoms with Gasteiger partial charge in [-0.15, -0.1) is 0 Å². The molecule has 1 aromatic rings. The molecule has 6 nitrogen and oxygen atoms in total. The number of carbonyl (C=O) groups excluding carboxylic acids is 1. The average Bonchev–Trinajstić information content (AvgIpc) is 3.02. The molecule has 1 atom stereocenters. The number of nitrogens with zero attached hydrogens (tertiary/aromatic N) is 1. The van der Waals surface area contributed by atoms with Gasteiger partial charge in [-0.2, -0.15) is 0 Å². The maximum absolute atomic E-state index is 12.2. The first kappa shape index (κ1) is 14.7. The van der Waals surface area contributed by atoms with Gasteiger partial charge < -0.3 is 19.5 Å². The summed E-state index contributed by atoms with van der Waals surface area (Å²) >= 11 is 0. The molecule has 1 saturated heterocycles. The van der Waals surface area contributed by atoms with E-state index in [1.54, 1.807) is 0 Å². The number of fused-ring (bicyclic) bond motifs is 1. The van der Waals surface area contributed by atoms with E-state index in [1.807, 2.05) is 18.2 Å². The zero-order valence-electron chi connectivity index (χ0n) is 12.3. The summed E-state index contributed by atoms with van der Waals surface area (Å²) in [6, 6.07) is 5.00. The van der Waals surface area contributed by atoms with Gasteiger partial charge in [0.05, 0.1) is 0 Å². The number of carboxylic acid groups (broad SMARTS) is 1. The first-order valence-corrected chi connectivity index (χ1v) is 7.56. The Morgan fingerprint density at radius 2 is 2.00 bits per heavy atom. The number of carbonyl (C=O) groups is 2. The van der Waals surface area contributed by atoms with Crippen molar-refractivity contribution in [2.75, 3.05) is 19.8 Å². The normalized spacial score (nSPS) is 20.0. The summed E-state index contributed by atoms with van der Waals surface area (Å²) in [7, 11) is 0. The Morgan fingerprint density at radius 1 is 1.23 bits per heavy atom. The second kappa shape index (κ2) is 6.25. The van der Waals surface area contributed by atoms with Crippen LogP contribution < -0.4 is 9.47 Å². The summed E-state index contributed by atoms with van der Waals surface area (Å²) in [5.74, 6) is 0.428. The van der Waals surface area contributed by atoms with Crippen molar-refractivity contribution in [3.63, 3.8) is 0 Å². The van der Waals surface area contributed by atoms with Crippen LogP contribution in [0.3, 0.4) is 0 Å². The number of aryl methyl sites for hydroxylation is 1. The lowest BCUT2D eigenvalue weighted by Gasteiger charge is -2.22. The molecule has 1 fully saturated rings. The maximum atomic E-state index is 12.2. The van der Waals surface area contributed by atoms with Gasteiger partial charge in [-0.05, 0) is 37.0 Å². The Bertz CT molecular complexity index is 586. The fourth-order valence-corrected chi connectivity index (χ4v) is 2.96. The molecule has 0 radical (unpaired) electrons. The lowest BCUT2D eigenvalue weighted by molar-refractivity contribution is -0.148. The van der Waals surface area contributed by atoms with Crippen LogP contribution in [-0.4, -0.2) is 47.7 Å². The predicted molar refractivity (Wildman–Crippen MR) is 78.1 cm³/mol. The molecule has 1 amide bonds. The third-order valence-corrected chi connectivity index (χ3v) is 4.09. The van der Waals surface area contributed by atoms with Gasteiger partial charge in [0, 0.05) is 13.0 Å². The smallest absolute Gasteiger partial charge is 0.326 e. The molecule has 0 bridgehead atoms. The molecule has 6 heteroatoms. The van der Waals surface area contributed by atoms with Gasteiger partial charge in [0.15, 0.2) is 11.5 Å². The lowest BCUT2D eigenvalue weighted by Crippen LogP contribution is -2.40. The molecule has 0 aromatic heterocycles. The fraction of sp³-hybridized carbons (Fsp3) is 0.500. The highest BCUT2D eigenvalue weighted by Crippen LogP contribution is 2.31. The molecular formula is C16H19NO5. The second-order valence-electron chi connectivity index (χ2n) is 5.56. The monoisotopic (exact) mass is 305 g/mol. The van der Waals surface area contributed by atoms with E-state index in [-0.39, 0.29) is 5.91 Å². The number of hydrogen-bond donors (Lipinski definition) is 1. The molecule has 118 valence electrons. The zero-order chi connectivity index (χ0) is 15.5. The summed E-state index contributed by atoms with van der Waals surface area (Å²) in [4.78, 5) is 24.8. The van der Waals surface area contributed by atoms with Crippen molar-refractivity contribution in [2.45, 2.75) is 31.7 Å². The third kappa shape index (κ3) is 3.00. The first-order valence-electron chi connectivity index (χ1n) is 7.56. The van der Waals surface area contributed by atoms with Crippen molar-refractivity contribution < 1.29 is 24.2 Å². The third-order valence-electron chi connectivity index (χ3n) is 4.09. The Labute approximate surface area is 128 Å². The zero-order valence-corrected chi connectivity index (χ0v) is 12.3. The van der Waals surface area contributed by atoms with E-state index in [4.69, 9.17) is 14.6 Å². The molecule has 2 aliphatic heterocycles. The Balaban J connectivity index is 1.60. The van der Waals surface area contributed by atoms with Gasteiger partial charge in [0.1, 0.15) is 19.3 Å². The topological polar surface area (TPSA) is 76.1 Å².